The highest BCUT2D eigenvalue weighted by Gasteiger charge is 2.31. The monoisotopic (exact) mass is 408 g/mol. The highest BCUT2D eigenvalue weighted by molar-refractivity contribution is 5.37. The Bertz CT molecular complexity index is 638. The number of benzene rings is 1. The van der Waals surface area contributed by atoms with Gasteiger partial charge in [0.1, 0.15) is 0 Å². The number of hydrogen-bond donors (Lipinski definition) is 0. The Labute approximate surface area is 187 Å². The fourth-order valence-electron chi connectivity index (χ4n) is 7.37. The molecule has 3 aliphatic rings. The molecule has 1 aromatic rings. The third-order valence-electron chi connectivity index (χ3n) is 9.76. The largest absolute Gasteiger partial charge is 0.0625 e. The summed E-state index contributed by atoms with van der Waals surface area (Å²) in [6.07, 6.45) is 21.2. The molecule has 0 nitrogen and oxygen atoms in total. The van der Waals surface area contributed by atoms with E-state index in [4.69, 9.17) is 0 Å². The van der Waals surface area contributed by atoms with Gasteiger partial charge in [0.2, 0.25) is 0 Å². The molecule has 3 fully saturated rings. The second kappa shape index (κ2) is 10.2. The van der Waals surface area contributed by atoms with Crippen LogP contribution >= 0.6 is 0 Å². The molecule has 0 saturated heterocycles. The van der Waals surface area contributed by atoms with Crippen molar-refractivity contribution in [3.05, 3.63) is 34.4 Å². The lowest BCUT2D eigenvalue weighted by Crippen LogP contribution is -2.26. The third kappa shape index (κ3) is 5.72. The first kappa shape index (κ1) is 22.4. The minimum atomic E-state index is 0.937. The molecule has 4 rings (SSSR count). The Hall–Kier alpha value is -0.780. The van der Waals surface area contributed by atoms with Crippen LogP contribution < -0.4 is 0 Å². The predicted molar refractivity (Wildman–Crippen MR) is 131 cm³/mol. The maximum Gasteiger partial charge on any atom is -0.0250 e. The van der Waals surface area contributed by atoms with Crippen molar-refractivity contribution >= 4 is 0 Å². The van der Waals surface area contributed by atoms with Gasteiger partial charge in [0.25, 0.3) is 0 Å². The average Bonchev–Trinajstić information content (AvgIpc) is 2.75. The minimum Gasteiger partial charge on any atom is -0.0625 e. The van der Waals surface area contributed by atoms with Crippen molar-refractivity contribution in [3.63, 3.8) is 0 Å². The Balaban J connectivity index is 1.17. The fourth-order valence-corrected chi connectivity index (χ4v) is 7.37. The zero-order valence-electron chi connectivity index (χ0n) is 20.5. The van der Waals surface area contributed by atoms with Crippen LogP contribution in [0.15, 0.2) is 12.1 Å². The van der Waals surface area contributed by atoms with Crippen molar-refractivity contribution in [2.45, 2.75) is 118 Å². The molecule has 3 saturated carbocycles. The standard InChI is InChI=1S/C30H48/c1-21-5-13-29(14-6-21)30-15-11-27(12-16-30)19-25-7-9-26(10-8-25)20-28-17-22(2)24(4)23(3)18-28/h17-18,21,25-27,29-30H,5-16,19-20H2,1-4H3. The van der Waals surface area contributed by atoms with Gasteiger partial charge in [0, 0.05) is 0 Å². The fraction of sp³-hybridized carbons (Fsp3) is 0.800. The molecule has 0 spiro atoms. The molecule has 0 aromatic heterocycles. The van der Waals surface area contributed by atoms with Gasteiger partial charge in [-0.2, -0.15) is 0 Å². The molecular weight excluding hydrogens is 360 g/mol. The van der Waals surface area contributed by atoms with Crippen molar-refractivity contribution in [2.24, 2.45) is 35.5 Å². The summed E-state index contributed by atoms with van der Waals surface area (Å²) >= 11 is 0. The van der Waals surface area contributed by atoms with Gasteiger partial charge in [-0.1, -0.05) is 57.6 Å². The van der Waals surface area contributed by atoms with Gasteiger partial charge < -0.3 is 0 Å². The second-order valence-corrected chi connectivity index (χ2v) is 12.0. The van der Waals surface area contributed by atoms with Gasteiger partial charge in [0.15, 0.2) is 0 Å². The van der Waals surface area contributed by atoms with Crippen LogP contribution in [-0.2, 0) is 6.42 Å². The summed E-state index contributed by atoms with van der Waals surface area (Å²) in [5.74, 6) is 6.23. The third-order valence-corrected chi connectivity index (χ3v) is 9.76. The van der Waals surface area contributed by atoms with Crippen LogP contribution in [0.4, 0.5) is 0 Å². The van der Waals surface area contributed by atoms with Crippen LogP contribution in [0.3, 0.4) is 0 Å². The van der Waals surface area contributed by atoms with Crippen molar-refractivity contribution < 1.29 is 0 Å². The van der Waals surface area contributed by atoms with Crippen LogP contribution in [0.1, 0.15) is 113 Å². The topological polar surface area (TPSA) is 0 Å². The lowest BCUT2D eigenvalue weighted by atomic mass is 9.67. The van der Waals surface area contributed by atoms with Gasteiger partial charge >= 0.3 is 0 Å². The van der Waals surface area contributed by atoms with Gasteiger partial charge in [-0.05, 0) is 130 Å². The second-order valence-electron chi connectivity index (χ2n) is 12.0. The van der Waals surface area contributed by atoms with E-state index in [2.05, 4.69) is 39.8 Å². The van der Waals surface area contributed by atoms with Gasteiger partial charge in [-0.15, -0.1) is 0 Å². The molecular formula is C30H48. The SMILES string of the molecule is Cc1cc(CC2CCC(CC3CCC(C4CCC(C)CC4)CC3)CC2)cc(C)c1C. The molecule has 0 N–H and O–H groups in total. The Kier molecular flexibility index (Phi) is 7.64. The summed E-state index contributed by atoms with van der Waals surface area (Å²) in [7, 11) is 0. The first-order valence-corrected chi connectivity index (χ1v) is 13.5. The van der Waals surface area contributed by atoms with Crippen LogP contribution in [0.5, 0.6) is 0 Å². The highest BCUT2D eigenvalue weighted by Crippen LogP contribution is 2.44. The van der Waals surface area contributed by atoms with E-state index in [0.29, 0.717) is 0 Å². The average molecular weight is 409 g/mol. The molecule has 1 aromatic carbocycles. The summed E-state index contributed by atoms with van der Waals surface area (Å²) in [5, 5.41) is 0. The molecule has 0 bridgehead atoms. The van der Waals surface area contributed by atoms with Crippen molar-refractivity contribution in [1.82, 2.24) is 0 Å². The molecule has 0 unspecified atom stereocenters. The van der Waals surface area contributed by atoms with Crippen LogP contribution in [0.2, 0.25) is 0 Å². The summed E-state index contributed by atoms with van der Waals surface area (Å²) < 4.78 is 0. The van der Waals surface area contributed by atoms with Crippen molar-refractivity contribution in [2.75, 3.05) is 0 Å². The molecule has 168 valence electrons. The molecule has 0 radical (unpaired) electrons. The summed E-state index contributed by atoms with van der Waals surface area (Å²) in [6, 6.07) is 4.92. The zero-order chi connectivity index (χ0) is 21.1. The van der Waals surface area contributed by atoms with E-state index in [1.54, 1.807) is 50.5 Å². The van der Waals surface area contributed by atoms with Crippen LogP contribution in [0, 0.1) is 56.3 Å². The minimum absolute atomic E-state index is 0.937. The summed E-state index contributed by atoms with van der Waals surface area (Å²) in [6.45, 7) is 9.30. The molecule has 3 aliphatic carbocycles. The zero-order valence-corrected chi connectivity index (χ0v) is 20.5. The number of hydrogen-bond acceptors (Lipinski definition) is 0. The maximum absolute atomic E-state index is 2.46. The van der Waals surface area contributed by atoms with E-state index >= 15 is 0 Å². The maximum atomic E-state index is 2.46. The summed E-state index contributed by atoms with van der Waals surface area (Å²) in [5.41, 5.74) is 6.04. The molecule has 0 atom stereocenters. The molecule has 0 amide bonds. The number of aryl methyl sites for hydroxylation is 2. The predicted octanol–water partition coefficient (Wildman–Crippen LogP) is 8.98. The van der Waals surface area contributed by atoms with Crippen LogP contribution in [0.25, 0.3) is 0 Å². The molecule has 0 aliphatic heterocycles. The van der Waals surface area contributed by atoms with E-state index in [1.165, 1.54) is 61.6 Å². The Morgan fingerprint density at radius 2 is 1.03 bits per heavy atom. The first-order chi connectivity index (χ1) is 14.5. The van der Waals surface area contributed by atoms with E-state index in [-0.39, 0.29) is 0 Å². The molecule has 0 heteroatoms. The van der Waals surface area contributed by atoms with Gasteiger partial charge in [0.05, 0.1) is 0 Å². The highest BCUT2D eigenvalue weighted by atomic mass is 14.4. The summed E-state index contributed by atoms with van der Waals surface area (Å²) in [4.78, 5) is 0. The lowest BCUT2D eigenvalue weighted by Gasteiger charge is -2.38. The van der Waals surface area contributed by atoms with Crippen molar-refractivity contribution in [1.29, 1.82) is 0 Å². The van der Waals surface area contributed by atoms with Gasteiger partial charge in [-0.25, -0.2) is 0 Å². The molecule has 30 heavy (non-hydrogen) atoms. The molecule has 0 heterocycles. The van der Waals surface area contributed by atoms with E-state index < -0.39 is 0 Å². The Morgan fingerprint density at radius 3 is 1.57 bits per heavy atom. The van der Waals surface area contributed by atoms with Gasteiger partial charge in [-0.3, -0.25) is 0 Å². The van der Waals surface area contributed by atoms with E-state index in [1.807, 2.05) is 0 Å². The van der Waals surface area contributed by atoms with E-state index in [9.17, 15) is 0 Å². The first-order valence-electron chi connectivity index (χ1n) is 13.5. The quantitative estimate of drug-likeness (QED) is 0.456. The van der Waals surface area contributed by atoms with Crippen molar-refractivity contribution in [3.8, 4) is 0 Å². The smallest absolute Gasteiger partial charge is 0.0250 e. The van der Waals surface area contributed by atoms with Crippen LogP contribution in [-0.4, -0.2) is 0 Å². The number of rotatable bonds is 5. The van der Waals surface area contributed by atoms with E-state index in [0.717, 1.165) is 35.5 Å². The normalized spacial score (nSPS) is 35.3. The Morgan fingerprint density at radius 1 is 0.600 bits per heavy atom. The lowest BCUT2D eigenvalue weighted by molar-refractivity contribution is 0.133.